The van der Waals surface area contributed by atoms with Gasteiger partial charge in [0.05, 0.1) is 0 Å². The Kier molecular flexibility index (Phi) is 5.62. The number of carbonyl (C=O) groups is 1. The maximum Gasteiger partial charge on any atom is 0.139 e. The Hall–Kier alpha value is -0.410. The molecule has 116 valence electrons. The first-order valence-corrected chi connectivity index (χ1v) is 8.51. The number of rotatable bonds is 4. The van der Waals surface area contributed by atoms with Crippen LogP contribution in [0.4, 0.5) is 0 Å². The SMILES string of the molecule is CC(C)N1CCC(C(=O)C2CCN(C(C)C)CC2)CC1. The minimum absolute atomic E-state index is 0.348. The second-order valence-electron chi connectivity index (χ2n) is 7.21. The Morgan fingerprint density at radius 2 is 1.05 bits per heavy atom. The maximum atomic E-state index is 12.7. The smallest absolute Gasteiger partial charge is 0.139 e. The van der Waals surface area contributed by atoms with Crippen LogP contribution in [0.1, 0.15) is 53.4 Å². The van der Waals surface area contributed by atoms with E-state index in [-0.39, 0.29) is 0 Å². The van der Waals surface area contributed by atoms with Crippen molar-refractivity contribution in [3.8, 4) is 0 Å². The lowest BCUT2D eigenvalue weighted by Gasteiger charge is -2.38. The van der Waals surface area contributed by atoms with Gasteiger partial charge in [-0.3, -0.25) is 4.79 Å². The predicted octanol–water partition coefficient (Wildman–Crippen LogP) is 2.80. The summed E-state index contributed by atoms with van der Waals surface area (Å²) < 4.78 is 0. The van der Waals surface area contributed by atoms with Crippen molar-refractivity contribution >= 4 is 5.78 Å². The van der Waals surface area contributed by atoms with Gasteiger partial charge in [0.25, 0.3) is 0 Å². The summed E-state index contributed by atoms with van der Waals surface area (Å²) in [6, 6.07) is 1.25. The Balaban J connectivity index is 1.79. The number of piperidine rings is 2. The van der Waals surface area contributed by atoms with E-state index < -0.39 is 0 Å². The van der Waals surface area contributed by atoms with Crippen LogP contribution in [0.2, 0.25) is 0 Å². The minimum atomic E-state index is 0.348. The largest absolute Gasteiger partial charge is 0.301 e. The fourth-order valence-corrected chi connectivity index (χ4v) is 3.73. The van der Waals surface area contributed by atoms with Crippen molar-refractivity contribution < 1.29 is 4.79 Å². The Morgan fingerprint density at radius 3 is 1.30 bits per heavy atom. The second-order valence-corrected chi connectivity index (χ2v) is 7.21. The molecular formula is C17H32N2O. The molecule has 2 heterocycles. The molecule has 3 nitrogen and oxygen atoms in total. The molecule has 0 spiro atoms. The van der Waals surface area contributed by atoms with E-state index in [1.807, 2.05) is 0 Å². The van der Waals surface area contributed by atoms with E-state index in [2.05, 4.69) is 37.5 Å². The maximum absolute atomic E-state index is 12.7. The van der Waals surface area contributed by atoms with Crippen molar-refractivity contribution in [3.63, 3.8) is 0 Å². The fraction of sp³-hybridized carbons (Fsp3) is 0.941. The third-order valence-electron chi connectivity index (χ3n) is 5.32. The van der Waals surface area contributed by atoms with Gasteiger partial charge in [-0.05, 0) is 79.6 Å². The number of hydrogen-bond donors (Lipinski definition) is 0. The van der Waals surface area contributed by atoms with Gasteiger partial charge in [-0.1, -0.05) is 0 Å². The molecular weight excluding hydrogens is 248 g/mol. The van der Waals surface area contributed by atoms with E-state index in [9.17, 15) is 4.79 Å². The summed E-state index contributed by atoms with van der Waals surface area (Å²) in [6.45, 7) is 13.5. The molecule has 0 unspecified atom stereocenters. The zero-order chi connectivity index (χ0) is 14.7. The summed E-state index contributed by atoms with van der Waals surface area (Å²) in [4.78, 5) is 17.7. The van der Waals surface area contributed by atoms with E-state index in [1.54, 1.807) is 0 Å². The molecule has 2 fully saturated rings. The van der Waals surface area contributed by atoms with Crippen molar-refractivity contribution in [2.75, 3.05) is 26.2 Å². The molecule has 2 saturated heterocycles. The van der Waals surface area contributed by atoms with Crippen LogP contribution in [-0.4, -0.2) is 53.8 Å². The van der Waals surface area contributed by atoms with Crippen LogP contribution >= 0.6 is 0 Å². The Bertz CT molecular complexity index is 281. The van der Waals surface area contributed by atoms with Crippen molar-refractivity contribution in [3.05, 3.63) is 0 Å². The van der Waals surface area contributed by atoms with Gasteiger partial charge < -0.3 is 9.80 Å². The van der Waals surface area contributed by atoms with Crippen molar-refractivity contribution in [1.29, 1.82) is 0 Å². The molecule has 0 aliphatic carbocycles. The normalized spacial score (nSPS) is 24.7. The van der Waals surface area contributed by atoms with E-state index in [0.29, 0.717) is 29.7 Å². The summed E-state index contributed by atoms with van der Waals surface area (Å²) in [7, 11) is 0. The highest BCUT2D eigenvalue weighted by Crippen LogP contribution is 2.28. The van der Waals surface area contributed by atoms with Crippen molar-refractivity contribution in [2.45, 2.75) is 65.5 Å². The average Bonchev–Trinajstić information content (AvgIpc) is 2.46. The molecule has 0 amide bonds. The summed E-state index contributed by atoms with van der Waals surface area (Å²) in [5.41, 5.74) is 0. The van der Waals surface area contributed by atoms with Gasteiger partial charge in [-0.15, -0.1) is 0 Å². The van der Waals surface area contributed by atoms with E-state index in [1.165, 1.54) is 0 Å². The number of hydrogen-bond acceptors (Lipinski definition) is 3. The van der Waals surface area contributed by atoms with Crippen molar-refractivity contribution in [1.82, 2.24) is 9.80 Å². The third kappa shape index (κ3) is 3.82. The van der Waals surface area contributed by atoms with Gasteiger partial charge >= 0.3 is 0 Å². The molecule has 0 N–H and O–H groups in total. The summed E-state index contributed by atoms with van der Waals surface area (Å²) in [6.07, 6.45) is 4.34. The molecule has 0 saturated carbocycles. The molecule has 0 radical (unpaired) electrons. The minimum Gasteiger partial charge on any atom is -0.301 e. The monoisotopic (exact) mass is 280 g/mol. The molecule has 2 rings (SSSR count). The van der Waals surface area contributed by atoms with E-state index in [4.69, 9.17) is 0 Å². The molecule has 0 aromatic rings. The summed E-state index contributed by atoms with van der Waals surface area (Å²) in [5.74, 6) is 1.28. The molecule has 20 heavy (non-hydrogen) atoms. The Morgan fingerprint density at radius 1 is 0.750 bits per heavy atom. The molecule has 0 atom stereocenters. The number of nitrogens with zero attached hydrogens (tertiary/aromatic N) is 2. The highest BCUT2D eigenvalue weighted by atomic mass is 16.1. The number of Topliss-reactive ketones (excluding diaryl/α,β-unsaturated/α-hetero) is 1. The Labute approximate surface area is 124 Å². The van der Waals surface area contributed by atoms with Gasteiger partial charge in [0, 0.05) is 23.9 Å². The summed E-state index contributed by atoms with van der Waals surface area (Å²) >= 11 is 0. The number of carbonyl (C=O) groups excluding carboxylic acids is 1. The predicted molar refractivity (Wildman–Crippen MR) is 83.9 cm³/mol. The summed E-state index contributed by atoms with van der Waals surface area (Å²) in [5, 5.41) is 0. The van der Waals surface area contributed by atoms with Gasteiger partial charge in [0.2, 0.25) is 0 Å². The zero-order valence-corrected chi connectivity index (χ0v) is 13.8. The van der Waals surface area contributed by atoms with Gasteiger partial charge in [0.15, 0.2) is 0 Å². The van der Waals surface area contributed by atoms with E-state index >= 15 is 0 Å². The van der Waals surface area contributed by atoms with E-state index in [0.717, 1.165) is 51.9 Å². The van der Waals surface area contributed by atoms with Crippen LogP contribution in [0, 0.1) is 11.8 Å². The molecule has 0 bridgehead atoms. The molecule has 3 heteroatoms. The highest BCUT2D eigenvalue weighted by molar-refractivity contribution is 5.83. The lowest BCUT2D eigenvalue weighted by atomic mass is 9.81. The van der Waals surface area contributed by atoms with Crippen LogP contribution in [-0.2, 0) is 4.79 Å². The average molecular weight is 280 g/mol. The molecule has 0 aromatic carbocycles. The topological polar surface area (TPSA) is 23.6 Å². The van der Waals surface area contributed by atoms with Gasteiger partial charge in [0.1, 0.15) is 5.78 Å². The van der Waals surface area contributed by atoms with Crippen LogP contribution in [0.3, 0.4) is 0 Å². The first-order valence-electron chi connectivity index (χ1n) is 8.51. The molecule has 2 aliphatic heterocycles. The van der Waals surface area contributed by atoms with Crippen LogP contribution in [0.15, 0.2) is 0 Å². The first kappa shape index (κ1) is 16.0. The van der Waals surface area contributed by atoms with Gasteiger partial charge in [-0.25, -0.2) is 0 Å². The second kappa shape index (κ2) is 7.04. The number of likely N-dealkylation sites (tertiary alicyclic amines) is 2. The lowest BCUT2D eigenvalue weighted by molar-refractivity contribution is -0.130. The fourth-order valence-electron chi connectivity index (χ4n) is 3.73. The number of ketones is 1. The standard InChI is InChI=1S/C17H32N2O/c1-13(2)18-9-5-15(6-10-18)17(20)16-7-11-19(12-8-16)14(3)4/h13-16H,5-12H2,1-4H3. The molecule has 2 aliphatic rings. The van der Waals surface area contributed by atoms with Crippen molar-refractivity contribution in [2.24, 2.45) is 11.8 Å². The van der Waals surface area contributed by atoms with Crippen LogP contribution in [0.5, 0.6) is 0 Å². The molecule has 0 aromatic heterocycles. The van der Waals surface area contributed by atoms with Gasteiger partial charge in [-0.2, -0.15) is 0 Å². The quantitative estimate of drug-likeness (QED) is 0.791. The first-order chi connectivity index (χ1) is 9.49. The highest BCUT2D eigenvalue weighted by Gasteiger charge is 2.32. The lowest BCUT2D eigenvalue weighted by Crippen LogP contribution is -2.44. The van der Waals surface area contributed by atoms with Crippen LogP contribution in [0.25, 0.3) is 0 Å². The van der Waals surface area contributed by atoms with Crippen LogP contribution < -0.4 is 0 Å². The third-order valence-corrected chi connectivity index (χ3v) is 5.32. The zero-order valence-electron chi connectivity index (χ0n) is 13.8.